The first-order chi connectivity index (χ1) is 17.4. The molecule has 0 bridgehead atoms. The lowest BCUT2D eigenvalue weighted by molar-refractivity contribution is -0.161. The fourth-order valence-electron chi connectivity index (χ4n) is 6.38. The van der Waals surface area contributed by atoms with Gasteiger partial charge in [0.15, 0.2) is 5.79 Å². The maximum absolute atomic E-state index is 6.56. The van der Waals surface area contributed by atoms with Crippen molar-refractivity contribution in [3.05, 3.63) is 58.2 Å². The molecular formula is C27H26Cl2N4O3. The van der Waals surface area contributed by atoms with Gasteiger partial charge in [-0.25, -0.2) is 15.0 Å². The molecule has 3 aliphatic rings. The standard InChI is InChI=1S/C27H26Cl2N4O3/c1-27(2)35-23-15(12-34-16-8-6-14-7-9-21(28)32-18(14)11-16)10-20(24(23)36-27)33-19-5-3-4-17(19)22-25(29)30-13-31-26(22)33/h6-9,11,13,15,20,23-24H,3-5,10,12H2,1-2H3/t15-,20-,23-,24+/m1/s1. The summed E-state index contributed by atoms with van der Waals surface area (Å²) >= 11 is 12.7. The highest BCUT2D eigenvalue weighted by atomic mass is 35.5. The number of ether oxygens (including phenoxy) is 3. The van der Waals surface area contributed by atoms with Crippen molar-refractivity contribution in [2.45, 2.75) is 63.6 Å². The number of hydrogen-bond donors (Lipinski definition) is 0. The van der Waals surface area contributed by atoms with E-state index in [1.165, 1.54) is 11.3 Å². The summed E-state index contributed by atoms with van der Waals surface area (Å²) in [5, 5.41) is 3.01. The van der Waals surface area contributed by atoms with Crippen LogP contribution in [0.3, 0.4) is 0 Å². The van der Waals surface area contributed by atoms with Gasteiger partial charge in [-0.05, 0) is 69.4 Å². The highest BCUT2D eigenvalue weighted by Gasteiger charge is 2.55. The number of fused-ring (bicyclic) bond motifs is 5. The molecule has 1 saturated carbocycles. The summed E-state index contributed by atoms with van der Waals surface area (Å²) in [7, 11) is 0. The van der Waals surface area contributed by atoms with Gasteiger partial charge in [-0.15, -0.1) is 0 Å². The topological polar surface area (TPSA) is 71.3 Å². The van der Waals surface area contributed by atoms with E-state index in [0.29, 0.717) is 16.9 Å². The summed E-state index contributed by atoms with van der Waals surface area (Å²) in [6, 6.07) is 9.75. The van der Waals surface area contributed by atoms with Crippen LogP contribution in [0.15, 0.2) is 36.7 Å². The van der Waals surface area contributed by atoms with Gasteiger partial charge in [0.1, 0.15) is 34.1 Å². The SMILES string of the molecule is CC1(C)O[C@@H]2[C@@H](COc3ccc4ccc(Cl)nc4c3)C[C@@H](n3c4c(c5c(Cl)ncnc53)CCC4)[C@@H]2O1. The number of pyridine rings is 1. The van der Waals surface area contributed by atoms with Gasteiger partial charge in [0.25, 0.3) is 0 Å². The first-order valence-electron chi connectivity index (χ1n) is 12.4. The van der Waals surface area contributed by atoms with Crippen LogP contribution in [-0.2, 0) is 22.3 Å². The molecule has 3 aromatic heterocycles. The third kappa shape index (κ3) is 3.59. The van der Waals surface area contributed by atoms with Crippen LogP contribution < -0.4 is 4.74 Å². The van der Waals surface area contributed by atoms with Gasteiger partial charge in [0, 0.05) is 23.1 Å². The van der Waals surface area contributed by atoms with E-state index in [1.54, 1.807) is 12.4 Å². The van der Waals surface area contributed by atoms with Crippen LogP contribution in [0.5, 0.6) is 5.75 Å². The molecule has 9 heteroatoms. The zero-order valence-corrected chi connectivity index (χ0v) is 21.6. The lowest BCUT2D eigenvalue weighted by Crippen LogP contribution is -2.29. The second-order valence-electron chi connectivity index (χ2n) is 10.4. The Bertz CT molecular complexity index is 1500. The van der Waals surface area contributed by atoms with Crippen LogP contribution in [0.2, 0.25) is 10.3 Å². The maximum atomic E-state index is 6.56. The van der Waals surface area contributed by atoms with E-state index in [9.17, 15) is 0 Å². The second kappa shape index (κ2) is 8.28. The molecule has 0 spiro atoms. The van der Waals surface area contributed by atoms with Gasteiger partial charge in [0.2, 0.25) is 0 Å². The first kappa shape index (κ1) is 22.7. The number of benzene rings is 1. The van der Waals surface area contributed by atoms with Crippen LogP contribution in [0, 0.1) is 5.92 Å². The Balaban J connectivity index is 1.22. The van der Waals surface area contributed by atoms with Crippen LogP contribution in [-0.4, -0.2) is 44.1 Å². The summed E-state index contributed by atoms with van der Waals surface area (Å²) in [4.78, 5) is 13.4. The summed E-state index contributed by atoms with van der Waals surface area (Å²) in [5.74, 6) is 0.258. The number of halogens is 2. The fourth-order valence-corrected chi connectivity index (χ4v) is 6.78. The lowest BCUT2D eigenvalue weighted by atomic mass is 10.1. The van der Waals surface area contributed by atoms with Crippen molar-refractivity contribution in [2.75, 3.05) is 6.61 Å². The van der Waals surface area contributed by atoms with Gasteiger partial charge in [-0.3, -0.25) is 0 Å². The van der Waals surface area contributed by atoms with Crippen molar-refractivity contribution < 1.29 is 14.2 Å². The monoisotopic (exact) mass is 524 g/mol. The average molecular weight is 525 g/mol. The minimum atomic E-state index is -0.658. The van der Waals surface area contributed by atoms with E-state index in [2.05, 4.69) is 19.5 Å². The van der Waals surface area contributed by atoms with E-state index in [0.717, 1.165) is 53.4 Å². The van der Waals surface area contributed by atoms with Crippen LogP contribution in [0.4, 0.5) is 0 Å². The van der Waals surface area contributed by atoms with Crippen molar-refractivity contribution in [3.63, 3.8) is 0 Å². The fraction of sp³-hybridized carbons (Fsp3) is 0.444. The maximum Gasteiger partial charge on any atom is 0.163 e. The number of aromatic nitrogens is 4. The predicted molar refractivity (Wildman–Crippen MR) is 138 cm³/mol. The van der Waals surface area contributed by atoms with Gasteiger partial charge >= 0.3 is 0 Å². The van der Waals surface area contributed by atoms with Crippen LogP contribution in [0.25, 0.3) is 21.9 Å². The number of aryl methyl sites for hydroxylation is 1. The Labute approximate surface area is 218 Å². The molecule has 4 aromatic rings. The molecule has 4 heterocycles. The first-order valence-corrected chi connectivity index (χ1v) is 13.2. The smallest absolute Gasteiger partial charge is 0.163 e. The molecule has 36 heavy (non-hydrogen) atoms. The summed E-state index contributed by atoms with van der Waals surface area (Å²) < 4.78 is 21.6. The molecule has 7 nitrogen and oxygen atoms in total. The number of nitrogens with zero attached hydrogens (tertiary/aromatic N) is 4. The zero-order valence-electron chi connectivity index (χ0n) is 20.1. The van der Waals surface area contributed by atoms with E-state index >= 15 is 0 Å². The van der Waals surface area contributed by atoms with Crippen molar-refractivity contribution in [1.82, 2.24) is 19.5 Å². The lowest BCUT2D eigenvalue weighted by Gasteiger charge is -2.25. The molecule has 186 valence electrons. The van der Waals surface area contributed by atoms with E-state index < -0.39 is 5.79 Å². The van der Waals surface area contributed by atoms with Crippen LogP contribution >= 0.6 is 23.2 Å². The quantitative estimate of drug-likeness (QED) is 0.243. The Morgan fingerprint density at radius 3 is 2.81 bits per heavy atom. The van der Waals surface area contributed by atoms with E-state index in [1.807, 2.05) is 38.1 Å². The third-order valence-corrected chi connectivity index (χ3v) is 8.26. The molecule has 0 amide bonds. The summed E-state index contributed by atoms with van der Waals surface area (Å²) in [5.41, 5.74) is 4.31. The molecule has 1 aliphatic heterocycles. The second-order valence-corrected chi connectivity index (χ2v) is 11.2. The highest BCUT2D eigenvalue weighted by Crippen LogP contribution is 2.50. The zero-order chi connectivity index (χ0) is 24.6. The van der Waals surface area contributed by atoms with Crippen molar-refractivity contribution in [3.8, 4) is 5.75 Å². The molecule has 0 N–H and O–H groups in total. The molecule has 4 atom stereocenters. The molecular weight excluding hydrogens is 499 g/mol. The van der Waals surface area contributed by atoms with Crippen molar-refractivity contribution >= 4 is 45.1 Å². The minimum Gasteiger partial charge on any atom is -0.493 e. The molecule has 1 saturated heterocycles. The average Bonchev–Trinajstić information content (AvgIpc) is 3.57. The number of hydrogen-bond acceptors (Lipinski definition) is 6. The Hall–Kier alpha value is -2.45. The van der Waals surface area contributed by atoms with Gasteiger partial charge in [0.05, 0.1) is 29.7 Å². The van der Waals surface area contributed by atoms with Gasteiger partial charge < -0.3 is 18.8 Å². The largest absolute Gasteiger partial charge is 0.493 e. The summed E-state index contributed by atoms with van der Waals surface area (Å²) in [6.45, 7) is 4.48. The van der Waals surface area contributed by atoms with Gasteiger partial charge in [-0.1, -0.05) is 23.2 Å². The molecule has 7 rings (SSSR count). The van der Waals surface area contributed by atoms with Crippen molar-refractivity contribution in [1.29, 1.82) is 0 Å². The van der Waals surface area contributed by atoms with Crippen LogP contribution in [0.1, 0.15) is 44.0 Å². The summed E-state index contributed by atoms with van der Waals surface area (Å²) in [6.07, 6.45) is 5.36. The number of rotatable bonds is 4. The Kier molecular flexibility index (Phi) is 5.23. The molecule has 2 aliphatic carbocycles. The molecule has 0 unspecified atom stereocenters. The predicted octanol–water partition coefficient (Wildman–Crippen LogP) is 5.94. The molecule has 2 fully saturated rings. The third-order valence-electron chi connectivity index (χ3n) is 7.77. The Morgan fingerprint density at radius 2 is 1.92 bits per heavy atom. The van der Waals surface area contributed by atoms with Gasteiger partial charge in [-0.2, -0.15) is 0 Å². The Morgan fingerprint density at radius 1 is 1.08 bits per heavy atom. The van der Waals surface area contributed by atoms with E-state index in [4.69, 9.17) is 37.4 Å². The minimum absolute atomic E-state index is 0.0789. The normalized spacial score (nSPS) is 26.6. The highest BCUT2D eigenvalue weighted by molar-refractivity contribution is 6.34. The van der Waals surface area contributed by atoms with Crippen molar-refractivity contribution in [2.24, 2.45) is 5.92 Å². The molecule has 0 radical (unpaired) electrons. The van der Waals surface area contributed by atoms with E-state index in [-0.39, 0.29) is 24.2 Å². The molecule has 1 aromatic carbocycles.